The number of hydrogen-bond donors (Lipinski definition) is 0. The van der Waals surface area contributed by atoms with Gasteiger partial charge in [-0.25, -0.2) is 0 Å². The third kappa shape index (κ3) is 4.73. The number of hydrogen-bond acceptors (Lipinski definition) is 0. The van der Waals surface area contributed by atoms with Gasteiger partial charge in [-0.3, -0.25) is 0 Å². The Morgan fingerprint density at radius 2 is 0.933 bits per heavy atom. The zero-order chi connectivity index (χ0) is 31.0. The van der Waals surface area contributed by atoms with Crippen LogP contribution in [0.15, 0.2) is 146 Å². The first-order valence-electron chi connectivity index (χ1n) is 16.5. The van der Waals surface area contributed by atoms with Crippen molar-refractivity contribution in [3.8, 4) is 55.8 Å². The Morgan fingerprint density at radius 1 is 0.444 bits per heavy atom. The Kier molecular flexibility index (Phi) is 7.50. The summed E-state index contributed by atoms with van der Waals surface area (Å²) in [7, 11) is 0. The molecule has 1 atom stereocenters. The molecular formula is C44H42N+. The number of fused-ring (bicyclic) bond motifs is 3. The minimum Gasteiger partial charge on any atom is -0.192 e. The van der Waals surface area contributed by atoms with Crippen molar-refractivity contribution < 1.29 is 4.57 Å². The maximum Gasteiger partial charge on any atom is 0.213 e. The first-order chi connectivity index (χ1) is 22.0. The van der Waals surface area contributed by atoms with E-state index >= 15 is 0 Å². The first kappa shape index (κ1) is 29.0. The molecule has 2 heterocycles. The Bertz CT molecular complexity index is 1910. The van der Waals surface area contributed by atoms with Crippen LogP contribution in [-0.2, 0) is 11.0 Å². The SMILES string of the molecule is CCC1(C)c2ccc(-c3cccc(-c4cc(-c5ccccc5)cc(-c5ccccc5)c4)c3)cc2-c2cccc[n+]2C1(CC)CC. The third-order valence-corrected chi connectivity index (χ3v) is 10.8. The molecule has 0 radical (unpaired) electrons. The molecular weight excluding hydrogens is 542 g/mol. The molecule has 0 fully saturated rings. The van der Waals surface area contributed by atoms with Crippen molar-refractivity contribution in [2.45, 2.75) is 57.9 Å². The van der Waals surface area contributed by atoms with Crippen LogP contribution in [0.3, 0.4) is 0 Å². The lowest BCUT2D eigenvalue weighted by molar-refractivity contribution is -0.769. The van der Waals surface area contributed by atoms with Crippen LogP contribution in [0.5, 0.6) is 0 Å². The number of benzene rings is 5. The van der Waals surface area contributed by atoms with Crippen LogP contribution in [0, 0.1) is 0 Å². The molecule has 222 valence electrons. The van der Waals surface area contributed by atoms with Gasteiger partial charge in [0, 0.05) is 25.0 Å². The van der Waals surface area contributed by atoms with Crippen molar-refractivity contribution in [3.63, 3.8) is 0 Å². The van der Waals surface area contributed by atoms with Gasteiger partial charge in [-0.1, -0.05) is 112 Å². The summed E-state index contributed by atoms with van der Waals surface area (Å²) in [6, 6.07) is 51.4. The van der Waals surface area contributed by atoms with E-state index in [1.165, 1.54) is 61.3 Å². The fourth-order valence-corrected chi connectivity index (χ4v) is 8.13. The van der Waals surface area contributed by atoms with E-state index < -0.39 is 0 Å². The second-order valence-electron chi connectivity index (χ2n) is 12.8. The molecule has 1 heteroatoms. The average molecular weight is 585 g/mol. The zero-order valence-electron chi connectivity index (χ0n) is 26.9. The smallest absolute Gasteiger partial charge is 0.192 e. The van der Waals surface area contributed by atoms with Crippen molar-refractivity contribution in [3.05, 3.63) is 151 Å². The van der Waals surface area contributed by atoms with Crippen molar-refractivity contribution in [2.24, 2.45) is 0 Å². The van der Waals surface area contributed by atoms with Crippen LogP contribution in [0.2, 0.25) is 0 Å². The standard InChI is InChI=1S/C44H42N/c1-5-43(4)41-25-24-36(31-40(41)42-23-14-15-26-45(42)44(43,6-2)7-3)34-21-16-22-35(27-34)39-29-37(32-17-10-8-11-18-32)28-38(30-39)33-19-12-9-13-20-33/h8-31H,5-7H2,1-4H3/q+1. The molecule has 7 rings (SSSR count). The van der Waals surface area contributed by atoms with E-state index in [4.69, 9.17) is 0 Å². The van der Waals surface area contributed by atoms with Gasteiger partial charge in [0.15, 0.2) is 11.7 Å². The molecule has 1 nitrogen and oxygen atoms in total. The highest BCUT2D eigenvalue weighted by Crippen LogP contribution is 2.51. The minimum atomic E-state index is 0.0386. The predicted molar refractivity (Wildman–Crippen MR) is 190 cm³/mol. The Morgan fingerprint density at radius 3 is 1.51 bits per heavy atom. The molecule has 1 aliphatic rings. The highest BCUT2D eigenvalue weighted by Gasteiger charge is 2.58. The Balaban J connectivity index is 1.36. The Labute approximate surface area is 268 Å². The normalized spacial score (nSPS) is 16.5. The van der Waals surface area contributed by atoms with E-state index in [1.54, 1.807) is 0 Å². The van der Waals surface area contributed by atoms with E-state index in [1.807, 2.05) is 0 Å². The van der Waals surface area contributed by atoms with E-state index in [9.17, 15) is 0 Å². The molecule has 0 saturated carbocycles. The van der Waals surface area contributed by atoms with E-state index in [0.29, 0.717) is 0 Å². The summed E-state index contributed by atoms with van der Waals surface area (Å²) in [6.07, 6.45) is 5.62. The lowest BCUT2D eigenvalue weighted by Gasteiger charge is -2.47. The number of rotatable bonds is 7. The molecule has 1 unspecified atom stereocenters. The highest BCUT2D eigenvalue weighted by molar-refractivity contribution is 5.83. The quantitative estimate of drug-likeness (QED) is 0.164. The monoisotopic (exact) mass is 584 g/mol. The van der Waals surface area contributed by atoms with Gasteiger partial charge < -0.3 is 0 Å². The van der Waals surface area contributed by atoms with Crippen LogP contribution in [0.4, 0.5) is 0 Å². The summed E-state index contributed by atoms with van der Waals surface area (Å²) in [5.41, 5.74) is 14.1. The lowest BCUT2D eigenvalue weighted by Crippen LogP contribution is -2.68. The van der Waals surface area contributed by atoms with Crippen LogP contribution >= 0.6 is 0 Å². The van der Waals surface area contributed by atoms with E-state index in [0.717, 1.165) is 19.3 Å². The predicted octanol–water partition coefficient (Wildman–Crippen LogP) is 11.5. The summed E-state index contributed by atoms with van der Waals surface area (Å²) in [6.45, 7) is 9.58. The molecule has 1 aromatic heterocycles. The van der Waals surface area contributed by atoms with E-state index in [-0.39, 0.29) is 11.0 Å². The number of aromatic nitrogens is 1. The Hall–Kier alpha value is -4.75. The fourth-order valence-electron chi connectivity index (χ4n) is 8.13. The summed E-state index contributed by atoms with van der Waals surface area (Å²) >= 11 is 0. The summed E-state index contributed by atoms with van der Waals surface area (Å²) in [5.74, 6) is 0. The largest absolute Gasteiger partial charge is 0.213 e. The van der Waals surface area contributed by atoms with Gasteiger partial charge >= 0.3 is 0 Å². The van der Waals surface area contributed by atoms with Gasteiger partial charge in [0.2, 0.25) is 5.69 Å². The highest BCUT2D eigenvalue weighted by atomic mass is 15.1. The number of nitrogens with zero attached hydrogens (tertiary/aromatic N) is 1. The summed E-state index contributed by atoms with van der Waals surface area (Å²) in [5, 5.41) is 0. The van der Waals surface area contributed by atoms with Crippen LogP contribution in [0.1, 0.15) is 52.5 Å². The van der Waals surface area contributed by atoms with Gasteiger partial charge in [-0.2, -0.15) is 4.57 Å². The van der Waals surface area contributed by atoms with Gasteiger partial charge in [-0.05, 0) is 99.8 Å². The van der Waals surface area contributed by atoms with Crippen molar-refractivity contribution in [1.82, 2.24) is 0 Å². The maximum absolute atomic E-state index is 2.60. The summed E-state index contributed by atoms with van der Waals surface area (Å²) < 4.78 is 2.60. The fraction of sp³-hybridized carbons (Fsp3) is 0.205. The number of pyridine rings is 1. The second-order valence-corrected chi connectivity index (χ2v) is 12.8. The lowest BCUT2D eigenvalue weighted by atomic mass is 9.58. The van der Waals surface area contributed by atoms with Crippen LogP contribution in [0.25, 0.3) is 55.8 Å². The van der Waals surface area contributed by atoms with Gasteiger partial charge in [0.05, 0.1) is 11.0 Å². The minimum absolute atomic E-state index is 0.0386. The second kappa shape index (κ2) is 11.6. The van der Waals surface area contributed by atoms with Crippen LogP contribution in [-0.4, -0.2) is 0 Å². The van der Waals surface area contributed by atoms with E-state index in [2.05, 4.69) is 178 Å². The molecule has 0 aliphatic carbocycles. The summed E-state index contributed by atoms with van der Waals surface area (Å²) in [4.78, 5) is 0. The molecule has 5 aromatic carbocycles. The van der Waals surface area contributed by atoms with Crippen LogP contribution < -0.4 is 4.57 Å². The molecule has 1 aliphatic heterocycles. The first-order valence-corrected chi connectivity index (χ1v) is 16.5. The van der Waals surface area contributed by atoms with Gasteiger partial charge in [0.1, 0.15) is 0 Å². The maximum atomic E-state index is 2.60. The van der Waals surface area contributed by atoms with Crippen molar-refractivity contribution in [1.29, 1.82) is 0 Å². The molecule has 0 saturated heterocycles. The van der Waals surface area contributed by atoms with Gasteiger partial charge in [0.25, 0.3) is 0 Å². The molecule has 0 bridgehead atoms. The third-order valence-electron chi connectivity index (χ3n) is 10.8. The molecule has 45 heavy (non-hydrogen) atoms. The topological polar surface area (TPSA) is 3.88 Å². The molecule has 6 aromatic rings. The van der Waals surface area contributed by atoms with Gasteiger partial charge in [-0.15, -0.1) is 0 Å². The molecule has 0 spiro atoms. The zero-order valence-corrected chi connectivity index (χ0v) is 26.9. The van der Waals surface area contributed by atoms with Crippen molar-refractivity contribution >= 4 is 0 Å². The average Bonchev–Trinajstić information content (AvgIpc) is 3.12. The molecule has 0 N–H and O–H groups in total. The molecule has 0 amide bonds. The van der Waals surface area contributed by atoms with Crippen molar-refractivity contribution in [2.75, 3.05) is 0 Å².